The largest absolute Gasteiger partial charge is 0.382 e. The summed E-state index contributed by atoms with van der Waals surface area (Å²) in [5.74, 6) is 0.928. The summed E-state index contributed by atoms with van der Waals surface area (Å²) in [5, 5.41) is 6.70. The maximum Gasteiger partial charge on any atom is 0.127 e. The molecule has 0 amide bonds. The van der Waals surface area contributed by atoms with E-state index in [0.29, 0.717) is 6.04 Å². The van der Waals surface area contributed by atoms with Gasteiger partial charge in [-0.15, -0.1) is 0 Å². The second kappa shape index (κ2) is 7.12. The Hall–Kier alpha value is -1.29. The van der Waals surface area contributed by atoms with Gasteiger partial charge in [-0.05, 0) is 47.0 Å². The number of hydrogen-bond acceptors (Lipinski definition) is 4. The Morgan fingerprint density at radius 1 is 1.41 bits per heavy atom. The summed E-state index contributed by atoms with van der Waals surface area (Å²) in [4.78, 5) is 6.45. The lowest BCUT2D eigenvalue weighted by Gasteiger charge is -2.18. The highest BCUT2D eigenvalue weighted by Crippen LogP contribution is 2.13. The van der Waals surface area contributed by atoms with E-state index in [0.717, 1.165) is 31.0 Å². The molecule has 0 aliphatic carbocycles. The minimum Gasteiger partial charge on any atom is -0.382 e. The van der Waals surface area contributed by atoms with Crippen LogP contribution in [-0.4, -0.2) is 43.1 Å². The van der Waals surface area contributed by atoms with Gasteiger partial charge in [0.25, 0.3) is 0 Å². The van der Waals surface area contributed by atoms with Crippen LogP contribution in [0.3, 0.4) is 0 Å². The summed E-state index contributed by atoms with van der Waals surface area (Å²) in [6.45, 7) is 6.27. The van der Waals surface area contributed by atoms with Gasteiger partial charge in [0.2, 0.25) is 0 Å². The zero-order valence-corrected chi connectivity index (χ0v) is 11.3. The van der Waals surface area contributed by atoms with Crippen molar-refractivity contribution in [1.82, 2.24) is 9.88 Å². The second-order valence-electron chi connectivity index (χ2n) is 4.60. The van der Waals surface area contributed by atoms with Gasteiger partial charge in [0.1, 0.15) is 5.82 Å². The van der Waals surface area contributed by atoms with Crippen LogP contribution in [0.5, 0.6) is 0 Å². The Bertz CT molecular complexity index is 325. The standard InChI is InChI=1S/C13H24N4/c1-5-14-13-10-12(6-8-15-13)16-11(2)7-9-17(3)4/h6,8,10-11H,5,7,9H2,1-4H3,(H2,14,15,16). The maximum atomic E-state index is 4.25. The van der Waals surface area contributed by atoms with Gasteiger partial charge in [0.05, 0.1) is 0 Å². The fraction of sp³-hybridized carbons (Fsp3) is 0.615. The molecule has 17 heavy (non-hydrogen) atoms. The molecule has 0 radical (unpaired) electrons. The number of aromatic nitrogens is 1. The normalized spacial score (nSPS) is 12.5. The third-order valence-corrected chi connectivity index (χ3v) is 2.54. The molecule has 0 spiro atoms. The molecule has 0 bridgehead atoms. The average molecular weight is 236 g/mol. The summed E-state index contributed by atoms with van der Waals surface area (Å²) in [7, 11) is 4.20. The number of hydrogen-bond donors (Lipinski definition) is 2. The van der Waals surface area contributed by atoms with Crippen LogP contribution in [0.1, 0.15) is 20.3 Å². The van der Waals surface area contributed by atoms with Crippen molar-refractivity contribution in [2.75, 3.05) is 37.8 Å². The summed E-state index contributed by atoms with van der Waals surface area (Å²) in [6.07, 6.45) is 2.96. The Balaban J connectivity index is 2.46. The van der Waals surface area contributed by atoms with Gasteiger partial charge in [-0.25, -0.2) is 4.98 Å². The zero-order valence-electron chi connectivity index (χ0n) is 11.3. The van der Waals surface area contributed by atoms with E-state index >= 15 is 0 Å². The van der Waals surface area contributed by atoms with E-state index in [1.54, 1.807) is 0 Å². The number of nitrogens with one attached hydrogen (secondary N) is 2. The lowest BCUT2D eigenvalue weighted by atomic mass is 10.2. The number of nitrogens with zero attached hydrogens (tertiary/aromatic N) is 2. The minimum atomic E-state index is 0.467. The molecule has 0 aromatic carbocycles. The monoisotopic (exact) mass is 236 g/mol. The van der Waals surface area contributed by atoms with Crippen molar-refractivity contribution in [3.8, 4) is 0 Å². The highest BCUT2D eigenvalue weighted by molar-refractivity contribution is 5.52. The zero-order chi connectivity index (χ0) is 12.7. The molecule has 0 aliphatic heterocycles. The molecule has 0 saturated heterocycles. The number of rotatable bonds is 7. The Morgan fingerprint density at radius 2 is 2.18 bits per heavy atom. The van der Waals surface area contributed by atoms with Gasteiger partial charge in [0.15, 0.2) is 0 Å². The average Bonchev–Trinajstić information content (AvgIpc) is 2.27. The van der Waals surface area contributed by atoms with Crippen molar-refractivity contribution in [2.24, 2.45) is 0 Å². The van der Waals surface area contributed by atoms with Crippen LogP contribution in [0.25, 0.3) is 0 Å². The molecule has 1 aromatic rings. The van der Waals surface area contributed by atoms with E-state index in [1.165, 1.54) is 0 Å². The first-order valence-electron chi connectivity index (χ1n) is 6.23. The molecule has 4 nitrogen and oxygen atoms in total. The van der Waals surface area contributed by atoms with Crippen LogP contribution in [0.15, 0.2) is 18.3 Å². The first-order valence-corrected chi connectivity index (χ1v) is 6.23. The predicted molar refractivity (Wildman–Crippen MR) is 74.7 cm³/mol. The summed E-state index contributed by atoms with van der Waals surface area (Å²) < 4.78 is 0. The van der Waals surface area contributed by atoms with Crippen molar-refractivity contribution in [3.05, 3.63) is 18.3 Å². The molecule has 1 atom stereocenters. The SMILES string of the molecule is CCNc1cc(NC(C)CCN(C)C)ccn1. The summed E-state index contributed by atoms with van der Waals surface area (Å²) in [5.41, 5.74) is 1.13. The quantitative estimate of drug-likeness (QED) is 0.762. The highest BCUT2D eigenvalue weighted by atomic mass is 15.1. The van der Waals surface area contributed by atoms with Crippen molar-refractivity contribution in [2.45, 2.75) is 26.3 Å². The van der Waals surface area contributed by atoms with Crippen molar-refractivity contribution in [1.29, 1.82) is 0 Å². The van der Waals surface area contributed by atoms with Gasteiger partial charge in [-0.1, -0.05) is 0 Å². The Morgan fingerprint density at radius 3 is 2.82 bits per heavy atom. The fourth-order valence-electron chi connectivity index (χ4n) is 1.61. The molecular formula is C13H24N4. The maximum absolute atomic E-state index is 4.25. The molecule has 4 heteroatoms. The van der Waals surface area contributed by atoms with E-state index < -0.39 is 0 Å². The van der Waals surface area contributed by atoms with E-state index in [9.17, 15) is 0 Å². The predicted octanol–water partition coefficient (Wildman–Crippen LogP) is 2.27. The molecule has 0 fully saturated rings. The molecule has 96 valence electrons. The molecule has 2 N–H and O–H groups in total. The minimum absolute atomic E-state index is 0.467. The van der Waals surface area contributed by atoms with Crippen LogP contribution >= 0.6 is 0 Å². The van der Waals surface area contributed by atoms with E-state index in [-0.39, 0.29) is 0 Å². The number of pyridine rings is 1. The molecule has 1 heterocycles. The van der Waals surface area contributed by atoms with Crippen LogP contribution in [-0.2, 0) is 0 Å². The van der Waals surface area contributed by atoms with Gasteiger partial charge < -0.3 is 15.5 Å². The Labute approximate surface area is 104 Å². The lowest BCUT2D eigenvalue weighted by Crippen LogP contribution is -2.23. The van der Waals surface area contributed by atoms with Crippen LogP contribution in [0.2, 0.25) is 0 Å². The van der Waals surface area contributed by atoms with Crippen molar-refractivity contribution >= 4 is 11.5 Å². The van der Waals surface area contributed by atoms with Gasteiger partial charge in [-0.3, -0.25) is 0 Å². The molecule has 0 saturated carbocycles. The third kappa shape index (κ3) is 5.54. The van der Waals surface area contributed by atoms with Gasteiger partial charge in [0, 0.05) is 30.5 Å². The van der Waals surface area contributed by atoms with E-state index in [2.05, 4.69) is 54.5 Å². The molecular weight excluding hydrogens is 212 g/mol. The first-order chi connectivity index (χ1) is 8.11. The lowest BCUT2D eigenvalue weighted by molar-refractivity contribution is 0.390. The summed E-state index contributed by atoms with van der Waals surface area (Å²) >= 11 is 0. The number of anilines is 2. The van der Waals surface area contributed by atoms with Crippen LogP contribution in [0, 0.1) is 0 Å². The van der Waals surface area contributed by atoms with Gasteiger partial charge in [-0.2, -0.15) is 0 Å². The first kappa shape index (κ1) is 13.8. The topological polar surface area (TPSA) is 40.2 Å². The summed E-state index contributed by atoms with van der Waals surface area (Å²) in [6, 6.07) is 4.53. The smallest absolute Gasteiger partial charge is 0.127 e. The third-order valence-electron chi connectivity index (χ3n) is 2.54. The van der Waals surface area contributed by atoms with Crippen LogP contribution in [0.4, 0.5) is 11.5 Å². The van der Waals surface area contributed by atoms with E-state index in [1.807, 2.05) is 12.3 Å². The van der Waals surface area contributed by atoms with E-state index in [4.69, 9.17) is 0 Å². The molecule has 0 aliphatic rings. The highest BCUT2D eigenvalue weighted by Gasteiger charge is 2.03. The molecule has 1 unspecified atom stereocenters. The Kier molecular flexibility index (Phi) is 5.77. The van der Waals surface area contributed by atoms with Crippen LogP contribution < -0.4 is 10.6 Å². The molecule has 1 aromatic heterocycles. The molecule has 1 rings (SSSR count). The van der Waals surface area contributed by atoms with Gasteiger partial charge >= 0.3 is 0 Å². The second-order valence-corrected chi connectivity index (χ2v) is 4.60. The van der Waals surface area contributed by atoms with Crippen molar-refractivity contribution in [3.63, 3.8) is 0 Å². The fourth-order valence-corrected chi connectivity index (χ4v) is 1.61. The van der Waals surface area contributed by atoms with Crippen molar-refractivity contribution < 1.29 is 0 Å².